The van der Waals surface area contributed by atoms with E-state index >= 15 is 0 Å². The second-order valence-corrected chi connectivity index (χ2v) is 5.09. The lowest BCUT2D eigenvalue weighted by Gasteiger charge is -2.00. The number of fused-ring (bicyclic) bond motifs is 1. The Balaban J connectivity index is 2.15. The average molecular weight is 260 g/mol. The molecule has 3 rings (SSSR count). The minimum atomic E-state index is -0.274. The van der Waals surface area contributed by atoms with Crippen molar-refractivity contribution in [3.05, 3.63) is 46.3 Å². The lowest BCUT2D eigenvalue weighted by atomic mass is 10.1. The summed E-state index contributed by atoms with van der Waals surface area (Å²) >= 11 is 1.49. The van der Waals surface area contributed by atoms with Crippen LogP contribution in [0.5, 0.6) is 0 Å². The average Bonchev–Trinajstić information content (AvgIpc) is 3.00. The molecule has 2 aromatic rings. The molecule has 0 N–H and O–H groups in total. The van der Waals surface area contributed by atoms with Crippen molar-refractivity contribution < 1.29 is 14.3 Å². The molecule has 0 atom stereocenters. The van der Waals surface area contributed by atoms with E-state index < -0.39 is 0 Å². The predicted octanol–water partition coefficient (Wildman–Crippen LogP) is 3.23. The second kappa shape index (κ2) is 4.55. The van der Waals surface area contributed by atoms with Gasteiger partial charge in [0.05, 0.1) is 20.3 Å². The largest absolute Gasteiger partial charge is 0.465 e. The molecule has 0 fully saturated rings. The van der Waals surface area contributed by atoms with Crippen LogP contribution in [0.3, 0.4) is 0 Å². The number of ether oxygens (including phenoxy) is 2. The topological polar surface area (TPSA) is 35.5 Å². The molecule has 1 aliphatic rings. The lowest BCUT2D eigenvalue weighted by Crippen LogP contribution is -2.01. The number of carbonyl (C=O) groups is 1. The van der Waals surface area contributed by atoms with Crippen molar-refractivity contribution in [3.8, 4) is 10.4 Å². The number of rotatable bonds is 2. The summed E-state index contributed by atoms with van der Waals surface area (Å²) in [6.45, 7) is 1.08. The monoisotopic (exact) mass is 260 g/mol. The molecule has 0 radical (unpaired) electrons. The van der Waals surface area contributed by atoms with Crippen LogP contribution < -0.4 is 0 Å². The highest BCUT2D eigenvalue weighted by Gasteiger charge is 2.27. The van der Waals surface area contributed by atoms with E-state index in [-0.39, 0.29) is 5.97 Å². The lowest BCUT2D eigenvalue weighted by molar-refractivity contribution is 0.0602. The highest BCUT2D eigenvalue weighted by Crippen LogP contribution is 2.40. The second-order valence-electron chi connectivity index (χ2n) is 4.07. The van der Waals surface area contributed by atoms with E-state index in [1.165, 1.54) is 18.4 Å². The fourth-order valence-electron chi connectivity index (χ4n) is 2.14. The van der Waals surface area contributed by atoms with Crippen LogP contribution in [0.1, 0.15) is 20.8 Å². The molecule has 4 heteroatoms. The summed E-state index contributed by atoms with van der Waals surface area (Å²) < 4.78 is 10.3. The first-order valence-corrected chi connectivity index (χ1v) is 6.49. The molecule has 0 bridgehead atoms. The summed E-state index contributed by atoms with van der Waals surface area (Å²) in [6.07, 6.45) is 0. The highest BCUT2D eigenvalue weighted by molar-refractivity contribution is 7.17. The van der Waals surface area contributed by atoms with Gasteiger partial charge < -0.3 is 9.47 Å². The normalized spacial score (nSPS) is 13.4. The Labute approximate surface area is 109 Å². The molecule has 18 heavy (non-hydrogen) atoms. The van der Waals surface area contributed by atoms with Crippen LogP contribution in [0, 0.1) is 0 Å². The zero-order valence-electron chi connectivity index (χ0n) is 9.93. The van der Waals surface area contributed by atoms with E-state index in [1.807, 2.05) is 30.3 Å². The van der Waals surface area contributed by atoms with Crippen molar-refractivity contribution in [2.45, 2.75) is 13.2 Å². The molecule has 0 saturated heterocycles. The van der Waals surface area contributed by atoms with Crippen molar-refractivity contribution in [2.24, 2.45) is 0 Å². The molecule has 92 valence electrons. The van der Waals surface area contributed by atoms with Gasteiger partial charge in [0, 0.05) is 16.0 Å². The standard InChI is InChI=1S/C14H12O3S/c1-16-14(15)13-11-8-17-7-10(11)12(18-13)9-5-3-2-4-6-9/h2-6H,7-8H2,1H3. The maximum absolute atomic E-state index is 11.8. The van der Waals surface area contributed by atoms with Crippen molar-refractivity contribution in [3.63, 3.8) is 0 Å². The van der Waals surface area contributed by atoms with Gasteiger partial charge in [0.25, 0.3) is 0 Å². The van der Waals surface area contributed by atoms with Crippen molar-refractivity contribution >= 4 is 17.3 Å². The summed E-state index contributed by atoms with van der Waals surface area (Å²) in [7, 11) is 1.41. The van der Waals surface area contributed by atoms with E-state index in [9.17, 15) is 4.79 Å². The van der Waals surface area contributed by atoms with Gasteiger partial charge in [0.15, 0.2) is 0 Å². The zero-order valence-corrected chi connectivity index (χ0v) is 10.8. The van der Waals surface area contributed by atoms with Crippen molar-refractivity contribution in [1.82, 2.24) is 0 Å². The van der Waals surface area contributed by atoms with Crippen molar-refractivity contribution in [2.75, 3.05) is 7.11 Å². The first-order valence-electron chi connectivity index (χ1n) is 5.67. The molecule has 1 aliphatic heterocycles. The molecule has 3 nitrogen and oxygen atoms in total. The summed E-state index contributed by atoms with van der Waals surface area (Å²) in [5.74, 6) is -0.274. The summed E-state index contributed by atoms with van der Waals surface area (Å²) in [4.78, 5) is 13.5. The highest BCUT2D eigenvalue weighted by atomic mass is 32.1. The van der Waals surface area contributed by atoms with Crippen LogP contribution in [0.25, 0.3) is 10.4 Å². The van der Waals surface area contributed by atoms with Crippen LogP contribution in [0.4, 0.5) is 0 Å². The van der Waals surface area contributed by atoms with E-state index in [1.54, 1.807) is 0 Å². The molecule has 2 heterocycles. The number of methoxy groups -OCH3 is 1. The van der Waals surface area contributed by atoms with Crippen LogP contribution >= 0.6 is 11.3 Å². The van der Waals surface area contributed by atoms with Crippen LogP contribution in [0.2, 0.25) is 0 Å². The number of benzene rings is 1. The van der Waals surface area contributed by atoms with Gasteiger partial charge in [-0.1, -0.05) is 30.3 Å². The van der Waals surface area contributed by atoms with E-state index in [2.05, 4.69) is 0 Å². The third-order valence-corrected chi connectivity index (χ3v) is 4.32. The van der Waals surface area contributed by atoms with Gasteiger partial charge in [-0.2, -0.15) is 0 Å². The first-order chi connectivity index (χ1) is 8.81. The molecule has 0 unspecified atom stereocenters. The molecule has 0 saturated carbocycles. The maximum atomic E-state index is 11.8. The smallest absolute Gasteiger partial charge is 0.348 e. The Hall–Kier alpha value is -1.65. The van der Waals surface area contributed by atoms with Gasteiger partial charge in [0.2, 0.25) is 0 Å². The molecular formula is C14H12O3S. The molecule has 0 spiro atoms. The third kappa shape index (κ3) is 1.74. The Morgan fingerprint density at radius 2 is 1.94 bits per heavy atom. The third-order valence-electron chi connectivity index (χ3n) is 3.02. The maximum Gasteiger partial charge on any atom is 0.348 e. The fourth-order valence-corrected chi connectivity index (χ4v) is 3.38. The van der Waals surface area contributed by atoms with Gasteiger partial charge >= 0.3 is 5.97 Å². The molecular weight excluding hydrogens is 248 g/mol. The molecule has 0 aliphatic carbocycles. The van der Waals surface area contributed by atoms with E-state index in [0.29, 0.717) is 18.1 Å². The van der Waals surface area contributed by atoms with Crippen LogP contribution in [0.15, 0.2) is 30.3 Å². The zero-order chi connectivity index (χ0) is 12.5. The first kappa shape index (κ1) is 11.4. The van der Waals surface area contributed by atoms with E-state index in [4.69, 9.17) is 9.47 Å². The van der Waals surface area contributed by atoms with Crippen molar-refractivity contribution in [1.29, 1.82) is 0 Å². The Morgan fingerprint density at radius 3 is 2.67 bits per heavy atom. The number of thiophene rings is 1. The fraction of sp³-hybridized carbons (Fsp3) is 0.214. The summed E-state index contributed by atoms with van der Waals surface area (Å²) in [5, 5.41) is 0. The minimum absolute atomic E-state index is 0.274. The van der Waals surface area contributed by atoms with E-state index in [0.717, 1.165) is 21.6 Å². The quantitative estimate of drug-likeness (QED) is 0.778. The predicted molar refractivity (Wildman–Crippen MR) is 69.6 cm³/mol. The van der Waals surface area contributed by atoms with Gasteiger partial charge in [-0.25, -0.2) is 4.79 Å². The number of esters is 1. The molecule has 0 amide bonds. The van der Waals surface area contributed by atoms with Gasteiger partial charge in [-0.3, -0.25) is 0 Å². The Kier molecular flexibility index (Phi) is 2.89. The SMILES string of the molecule is COC(=O)c1sc(-c2ccccc2)c2c1COC2. The molecule has 1 aromatic carbocycles. The van der Waals surface area contributed by atoms with Gasteiger partial charge in [-0.15, -0.1) is 11.3 Å². The van der Waals surface area contributed by atoms with Crippen LogP contribution in [-0.4, -0.2) is 13.1 Å². The summed E-state index contributed by atoms with van der Waals surface area (Å²) in [6, 6.07) is 10.1. The Bertz CT molecular complexity index is 587. The van der Waals surface area contributed by atoms with Crippen LogP contribution in [-0.2, 0) is 22.7 Å². The number of hydrogen-bond acceptors (Lipinski definition) is 4. The summed E-state index contributed by atoms with van der Waals surface area (Å²) in [5.41, 5.74) is 3.25. The van der Waals surface area contributed by atoms with Gasteiger partial charge in [0.1, 0.15) is 4.88 Å². The number of carbonyl (C=O) groups excluding carboxylic acids is 1. The minimum Gasteiger partial charge on any atom is -0.465 e. The van der Waals surface area contributed by atoms with Gasteiger partial charge in [-0.05, 0) is 5.56 Å². The number of hydrogen-bond donors (Lipinski definition) is 0. The molecule has 1 aromatic heterocycles. The Morgan fingerprint density at radius 1 is 1.22 bits per heavy atom.